The predicted molar refractivity (Wildman–Crippen MR) is 84.4 cm³/mol. The van der Waals surface area contributed by atoms with Gasteiger partial charge in [-0.05, 0) is 58.2 Å². The van der Waals surface area contributed by atoms with Gasteiger partial charge in [0.1, 0.15) is 11.6 Å². The lowest BCUT2D eigenvalue weighted by Crippen LogP contribution is -2.04. The third-order valence-corrected chi connectivity index (χ3v) is 3.59. The standard InChI is InChI=1S/C17H16BrFO2/c1-2-8-21-17-7-6-13(11-15(17)18)16(20)10-12-4-3-5-14(19)9-12/h3-7,9,11H,2,8,10H2,1H3. The van der Waals surface area contributed by atoms with Gasteiger partial charge in [0.05, 0.1) is 11.1 Å². The second kappa shape index (κ2) is 7.36. The zero-order valence-corrected chi connectivity index (χ0v) is 13.3. The van der Waals surface area contributed by atoms with Gasteiger partial charge in [0, 0.05) is 12.0 Å². The monoisotopic (exact) mass is 350 g/mol. The van der Waals surface area contributed by atoms with Crippen LogP contribution in [-0.4, -0.2) is 12.4 Å². The molecule has 0 amide bonds. The predicted octanol–water partition coefficient (Wildman–Crippen LogP) is 4.80. The van der Waals surface area contributed by atoms with Gasteiger partial charge in [0.2, 0.25) is 0 Å². The maximum Gasteiger partial charge on any atom is 0.167 e. The van der Waals surface area contributed by atoms with Crippen molar-refractivity contribution in [3.05, 3.63) is 63.9 Å². The average molecular weight is 351 g/mol. The first-order chi connectivity index (χ1) is 10.1. The third kappa shape index (κ3) is 4.39. The van der Waals surface area contributed by atoms with Crippen molar-refractivity contribution in [3.8, 4) is 5.75 Å². The maximum absolute atomic E-state index is 13.1. The summed E-state index contributed by atoms with van der Waals surface area (Å²) in [4.78, 5) is 12.2. The molecule has 0 saturated heterocycles. The summed E-state index contributed by atoms with van der Waals surface area (Å²) in [7, 11) is 0. The number of benzene rings is 2. The van der Waals surface area contributed by atoms with E-state index in [4.69, 9.17) is 4.74 Å². The minimum Gasteiger partial charge on any atom is -0.492 e. The number of ether oxygens (including phenoxy) is 1. The highest BCUT2D eigenvalue weighted by Gasteiger charge is 2.10. The molecule has 0 atom stereocenters. The van der Waals surface area contributed by atoms with Crippen LogP contribution in [0.5, 0.6) is 5.75 Å². The molecule has 0 aliphatic rings. The quantitative estimate of drug-likeness (QED) is 0.699. The minimum atomic E-state index is -0.329. The second-order valence-corrected chi connectivity index (χ2v) is 5.58. The molecule has 0 heterocycles. The molecule has 2 nitrogen and oxygen atoms in total. The summed E-state index contributed by atoms with van der Waals surface area (Å²) >= 11 is 3.41. The highest BCUT2D eigenvalue weighted by molar-refractivity contribution is 9.10. The van der Waals surface area contributed by atoms with Crippen LogP contribution in [0.4, 0.5) is 4.39 Å². The Morgan fingerprint density at radius 3 is 2.71 bits per heavy atom. The summed E-state index contributed by atoms with van der Waals surface area (Å²) in [6, 6.07) is 11.4. The van der Waals surface area contributed by atoms with Crippen molar-refractivity contribution in [2.24, 2.45) is 0 Å². The van der Waals surface area contributed by atoms with Crippen molar-refractivity contribution in [2.75, 3.05) is 6.61 Å². The Labute approximate surface area is 132 Å². The number of carbonyl (C=O) groups excluding carboxylic acids is 1. The second-order valence-electron chi connectivity index (χ2n) is 4.72. The van der Waals surface area contributed by atoms with Crippen LogP contribution in [-0.2, 0) is 6.42 Å². The smallest absolute Gasteiger partial charge is 0.167 e. The number of rotatable bonds is 6. The maximum atomic E-state index is 13.1. The molecule has 4 heteroatoms. The summed E-state index contributed by atoms with van der Waals surface area (Å²) in [5.74, 6) is 0.340. The van der Waals surface area contributed by atoms with Crippen LogP contribution in [0.1, 0.15) is 29.3 Å². The van der Waals surface area contributed by atoms with Gasteiger partial charge in [0.15, 0.2) is 5.78 Å². The van der Waals surface area contributed by atoms with Crippen molar-refractivity contribution in [3.63, 3.8) is 0 Å². The molecule has 0 N–H and O–H groups in total. The van der Waals surface area contributed by atoms with Crippen LogP contribution in [0, 0.1) is 5.82 Å². The lowest BCUT2D eigenvalue weighted by atomic mass is 10.0. The van der Waals surface area contributed by atoms with E-state index in [1.54, 1.807) is 30.3 Å². The summed E-state index contributed by atoms with van der Waals surface area (Å²) in [6.07, 6.45) is 1.10. The molecule has 0 aromatic heterocycles. The molecule has 0 bridgehead atoms. The van der Waals surface area contributed by atoms with E-state index in [1.165, 1.54) is 12.1 Å². The Kier molecular flexibility index (Phi) is 5.51. The Morgan fingerprint density at radius 1 is 1.24 bits per heavy atom. The first-order valence-corrected chi connectivity index (χ1v) is 7.59. The zero-order valence-electron chi connectivity index (χ0n) is 11.7. The number of carbonyl (C=O) groups is 1. The van der Waals surface area contributed by atoms with Crippen molar-refractivity contribution >= 4 is 21.7 Å². The van der Waals surface area contributed by atoms with E-state index in [1.807, 2.05) is 6.92 Å². The lowest BCUT2D eigenvalue weighted by Gasteiger charge is -2.08. The molecular formula is C17H16BrFO2. The van der Waals surface area contributed by atoms with Gasteiger partial charge in [-0.2, -0.15) is 0 Å². The average Bonchev–Trinajstić information content (AvgIpc) is 2.46. The number of halogens is 2. The normalized spacial score (nSPS) is 10.4. The van der Waals surface area contributed by atoms with E-state index in [-0.39, 0.29) is 18.0 Å². The first-order valence-electron chi connectivity index (χ1n) is 6.80. The number of hydrogen-bond donors (Lipinski definition) is 0. The highest BCUT2D eigenvalue weighted by atomic mass is 79.9. The van der Waals surface area contributed by atoms with E-state index in [2.05, 4.69) is 15.9 Å². The van der Waals surface area contributed by atoms with Gasteiger partial charge in [0.25, 0.3) is 0 Å². The number of Topliss-reactive ketones (excluding diaryl/α,β-unsaturated/α-hetero) is 1. The van der Waals surface area contributed by atoms with E-state index in [0.29, 0.717) is 17.7 Å². The van der Waals surface area contributed by atoms with Gasteiger partial charge in [-0.25, -0.2) is 4.39 Å². The lowest BCUT2D eigenvalue weighted by molar-refractivity contribution is 0.0993. The largest absolute Gasteiger partial charge is 0.492 e. The van der Waals surface area contributed by atoms with Crippen LogP contribution in [0.2, 0.25) is 0 Å². The fraction of sp³-hybridized carbons (Fsp3) is 0.235. The zero-order chi connectivity index (χ0) is 15.2. The molecule has 0 unspecified atom stereocenters. The van der Waals surface area contributed by atoms with Crippen LogP contribution in [0.3, 0.4) is 0 Å². The minimum absolute atomic E-state index is 0.0525. The van der Waals surface area contributed by atoms with Crippen LogP contribution >= 0.6 is 15.9 Å². The molecule has 2 aromatic carbocycles. The molecule has 0 radical (unpaired) electrons. The fourth-order valence-electron chi connectivity index (χ4n) is 1.94. The van der Waals surface area contributed by atoms with E-state index in [9.17, 15) is 9.18 Å². The van der Waals surface area contributed by atoms with Crippen molar-refractivity contribution < 1.29 is 13.9 Å². The molecule has 2 rings (SSSR count). The Morgan fingerprint density at radius 2 is 2.05 bits per heavy atom. The first kappa shape index (κ1) is 15.7. The van der Waals surface area contributed by atoms with E-state index in [0.717, 1.165) is 16.6 Å². The third-order valence-electron chi connectivity index (χ3n) is 2.97. The molecule has 0 saturated carbocycles. The molecule has 0 aliphatic heterocycles. The van der Waals surface area contributed by atoms with Gasteiger partial charge < -0.3 is 4.74 Å². The molecule has 0 fully saturated rings. The van der Waals surface area contributed by atoms with Crippen LogP contribution in [0.25, 0.3) is 0 Å². The van der Waals surface area contributed by atoms with Gasteiger partial charge in [-0.1, -0.05) is 19.1 Å². The summed E-state index contributed by atoms with van der Waals surface area (Å²) in [6.45, 7) is 2.67. The topological polar surface area (TPSA) is 26.3 Å². The molecule has 21 heavy (non-hydrogen) atoms. The molecule has 110 valence electrons. The SMILES string of the molecule is CCCOc1ccc(C(=O)Cc2cccc(F)c2)cc1Br. The Bertz CT molecular complexity index is 640. The molecule has 0 aliphatic carbocycles. The summed E-state index contributed by atoms with van der Waals surface area (Å²) < 4.78 is 19.4. The van der Waals surface area contributed by atoms with Crippen LogP contribution < -0.4 is 4.74 Å². The number of hydrogen-bond acceptors (Lipinski definition) is 2. The van der Waals surface area contributed by atoms with Crippen molar-refractivity contribution in [1.29, 1.82) is 0 Å². The highest BCUT2D eigenvalue weighted by Crippen LogP contribution is 2.26. The fourth-order valence-corrected chi connectivity index (χ4v) is 2.43. The molecule has 0 spiro atoms. The van der Waals surface area contributed by atoms with Crippen molar-refractivity contribution in [1.82, 2.24) is 0 Å². The van der Waals surface area contributed by atoms with Crippen LogP contribution in [0.15, 0.2) is 46.9 Å². The Balaban J connectivity index is 2.11. The summed E-state index contributed by atoms with van der Waals surface area (Å²) in [5.41, 5.74) is 1.25. The van der Waals surface area contributed by atoms with Crippen molar-refractivity contribution in [2.45, 2.75) is 19.8 Å². The van der Waals surface area contributed by atoms with E-state index >= 15 is 0 Å². The van der Waals surface area contributed by atoms with Gasteiger partial charge in [-0.3, -0.25) is 4.79 Å². The summed E-state index contributed by atoms with van der Waals surface area (Å²) in [5, 5.41) is 0. The molecule has 2 aromatic rings. The Hall–Kier alpha value is -1.68. The van der Waals surface area contributed by atoms with Gasteiger partial charge >= 0.3 is 0 Å². The van der Waals surface area contributed by atoms with E-state index < -0.39 is 0 Å². The molecular weight excluding hydrogens is 335 g/mol. The number of ketones is 1. The van der Waals surface area contributed by atoms with Gasteiger partial charge in [-0.15, -0.1) is 0 Å².